The van der Waals surface area contributed by atoms with Crippen LogP contribution < -0.4 is 16.8 Å². The minimum atomic E-state index is -0.340. The normalized spacial score (nSPS) is 11.1. The predicted octanol–water partition coefficient (Wildman–Crippen LogP) is -0.114. The first kappa shape index (κ1) is 13.9. The van der Waals surface area contributed by atoms with Gasteiger partial charge in [-0.2, -0.15) is 0 Å². The van der Waals surface area contributed by atoms with Gasteiger partial charge in [-0.15, -0.1) is 0 Å². The summed E-state index contributed by atoms with van der Waals surface area (Å²) in [5.74, 6) is -0.370. The van der Waals surface area contributed by atoms with E-state index in [4.69, 9.17) is 11.5 Å². The highest BCUT2D eigenvalue weighted by atomic mass is 16.2. The molecule has 2 amide bonds. The molecule has 0 aromatic heterocycles. The van der Waals surface area contributed by atoms with Crippen molar-refractivity contribution in [3.8, 4) is 0 Å². The minimum Gasteiger partial charge on any atom is -0.370 e. The van der Waals surface area contributed by atoms with Gasteiger partial charge in [-0.25, -0.2) is 0 Å². The molecule has 0 spiro atoms. The van der Waals surface area contributed by atoms with Crippen molar-refractivity contribution in [2.24, 2.45) is 11.5 Å². The molecule has 0 bridgehead atoms. The van der Waals surface area contributed by atoms with Gasteiger partial charge in [0.1, 0.15) is 0 Å². The molecule has 88 valence electrons. The number of nitrogens with one attached hydrogen (secondary N) is 1. The number of primary amides is 1. The second kappa shape index (κ2) is 6.40. The van der Waals surface area contributed by atoms with Crippen LogP contribution in [0, 0.1) is 0 Å². The summed E-state index contributed by atoms with van der Waals surface area (Å²) < 4.78 is 0. The average molecular weight is 215 g/mol. The molecule has 0 saturated heterocycles. The van der Waals surface area contributed by atoms with E-state index in [1.54, 1.807) is 0 Å². The Morgan fingerprint density at radius 2 is 1.87 bits per heavy atom. The first-order valence-electron chi connectivity index (χ1n) is 5.15. The molecule has 0 aromatic carbocycles. The van der Waals surface area contributed by atoms with Gasteiger partial charge in [-0.05, 0) is 26.7 Å². The Morgan fingerprint density at radius 3 is 2.33 bits per heavy atom. The Morgan fingerprint density at radius 1 is 1.27 bits per heavy atom. The maximum Gasteiger partial charge on any atom is 0.220 e. The third kappa shape index (κ3) is 10.8. The van der Waals surface area contributed by atoms with E-state index in [1.165, 1.54) is 0 Å². The van der Waals surface area contributed by atoms with Crippen LogP contribution >= 0.6 is 0 Å². The summed E-state index contributed by atoms with van der Waals surface area (Å²) in [5.41, 5.74) is 10.4. The smallest absolute Gasteiger partial charge is 0.220 e. The summed E-state index contributed by atoms with van der Waals surface area (Å²) in [6.07, 6.45) is 1.96. The van der Waals surface area contributed by atoms with E-state index >= 15 is 0 Å². The molecule has 0 rings (SSSR count). The maximum atomic E-state index is 11.3. The molecule has 0 heterocycles. The number of carbonyl (C=O) groups is 2. The molecule has 0 aliphatic rings. The van der Waals surface area contributed by atoms with Crippen molar-refractivity contribution in [2.75, 3.05) is 6.54 Å². The van der Waals surface area contributed by atoms with E-state index in [2.05, 4.69) is 5.32 Å². The molecular formula is C10H21N3O2. The van der Waals surface area contributed by atoms with Gasteiger partial charge in [0.25, 0.3) is 0 Å². The van der Waals surface area contributed by atoms with Crippen molar-refractivity contribution in [3.05, 3.63) is 0 Å². The van der Waals surface area contributed by atoms with Crippen molar-refractivity contribution in [1.29, 1.82) is 0 Å². The molecule has 0 atom stereocenters. The van der Waals surface area contributed by atoms with E-state index < -0.39 is 0 Å². The summed E-state index contributed by atoms with van der Waals surface area (Å²) in [4.78, 5) is 21.6. The molecule has 15 heavy (non-hydrogen) atoms. The molecular weight excluding hydrogens is 194 g/mol. The van der Waals surface area contributed by atoms with Crippen LogP contribution in [0.2, 0.25) is 0 Å². The van der Waals surface area contributed by atoms with Gasteiger partial charge in [0.05, 0.1) is 0 Å². The van der Waals surface area contributed by atoms with Crippen LogP contribution in [0.1, 0.15) is 39.5 Å². The Balaban J connectivity index is 3.46. The molecule has 5 nitrogen and oxygen atoms in total. The molecule has 5 heteroatoms. The Labute approximate surface area is 90.6 Å². The zero-order chi connectivity index (χ0) is 11.9. The van der Waals surface area contributed by atoms with Gasteiger partial charge >= 0.3 is 0 Å². The molecule has 0 saturated carbocycles. The van der Waals surface area contributed by atoms with Crippen LogP contribution in [0.5, 0.6) is 0 Å². The molecule has 0 radical (unpaired) electrons. The number of hydrogen-bond donors (Lipinski definition) is 3. The maximum absolute atomic E-state index is 11.3. The lowest BCUT2D eigenvalue weighted by Gasteiger charge is -2.17. The van der Waals surface area contributed by atoms with E-state index in [0.29, 0.717) is 32.2 Å². The average Bonchev–Trinajstić information content (AvgIpc) is 2.07. The number of carbonyl (C=O) groups excluding carboxylic acids is 2. The Bertz CT molecular complexity index is 221. The molecule has 0 aliphatic carbocycles. The third-order valence-corrected chi connectivity index (χ3v) is 1.92. The predicted molar refractivity (Wildman–Crippen MR) is 58.9 cm³/mol. The fourth-order valence-corrected chi connectivity index (χ4v) is 1.01. The van der Waals surface area contributed by atoms with E-state index in [9.17, 15) is 9.59 Å². The van der Waals surface area contributed by atoms with E-state index in [0.717, 1.165) is 0 Å². The largest absolute Gasteiger partial charge is 0.370 e. The number of amides is 2. The van der Waals surface area contributed by atoms with Gasteiger partial charge in [-0.1, -0.05) is 0 Å². The zero-order valence-corrected chi connectivity index (χ0v) is 9.51. The first-order chi connectivity index (χ1) is 6.81. The van der Waals surface area contributed by atoms with Crippen molar-refractivity contribution in [2.45, 2.75) is 45.1 Å². The second-order valence-electron chi connectivity index (χ2n) is 4.41. The highest BCUT2D eigenvalue weighted by molar-refractivity contribution is 5.76. The third-order valence-electron chi connectivity index (χ3n) is 1.92. The van der Waals surface area contributed by atoms with Crippen molar-refractivity contribution >= 4 is 11.8 Å². The van der Waals surface area contributed by atoms with Gasteiger partial charge in [-0.3, -0.25) is 9.59 Å². The van der Waals surface area contributed by atoms with Gasteiger partial charge < -0.3 is 16.8 Å². The molecule has 0 aromatic rings. The SMILES string of the molecule is CC(C)(N)CCC(=O)NCCCC(N)=O. The van der Waals surface area contributed by atoms with Crippen LogP contribution in [-0.4, -0.2) is 23.9 Å². The van der Waals surface area contributed by atoms with Gasteiger partial charge in [0.2, 0.25) is 11.8 Å². The number of nitrogens with two attached hydrogens (primary N) is 2. The van der Waals surface area contributed by atoms with E-state index in [1.807, 2.05) is 13.8 Å². The molecule has 0 fully saturated rings. The highest BCUT2D eigenvalue weighted by Gasteiger charge is 2.12. The quantitative estimate of drug-likeness (QED) is 0.516. The summed E-state index contributed by atoms with van der Waals surface area (Å²) in [6.45, 7) is 4.26. The molecule has 0 unspecified atom stereocenters. The monoisotopic (exact) mass is 215 g/mol. The Kier molecular flexibility index (Phi) is 5.93. The Hall–Kier alpha value is -1.10. The minimum absolute atomic E-state index is 0.0296. The first-order valence-corrected chi connectivity index (χ1v) is 5.15. The molecule has 5 N–H and O–H groups in total. The van der Waals surface area contributed by atoms with Crippen molar-refractivity contribution < 1.29 is 9.59 Å². The van der Waals surface area contributed by atoms with Crippen LogP contribution in [0.15, 0.2) is 0 Å². The van der Waals surface area contributed by atoms with Crippen molar-refractivity contribution in [1.82, 2.24) is 5.32 Å². The summed E-state index contributed by atoms with van der Waals surface area (Å²) in [6, 6.07) is 0. The topological polar surface area (TPSA) is 98.2 Å². The van der Waals surface area contributed by atoms with Crippen LogP contribution in [0.25, 0.3) is 0 Å². The van der Waals surface area contributed by atoms with Crippen LogP contribution in [-0.2, 0) is 9.59 Å². The lowest BCUT2D eigenvalue weighted by Crippen LogP contribution is -2.34. The fourth-order valence-electron chi connectivity index (χ4n) is 1.01. The van der Waals surface area contributed by atoms with Gasteiger partial charge in [0.15, 0.2) is 0 Å². The summed E-state index contributed by atoms with van der Waals surface area (Å²) in [5, 5.41) is 2.71. The summed E-state index contributed by atoms with van der Waals surface area (Å²) >= 11 is 0. The van der Waals surface area contributed by atoms with Crippen LogP contribution in [0.4, 0.5) is 0 Å². The van der Waals surface area contributed by atoms with E-state index in [-0.39, 0.29) is 17.4 Å². The standard InChI is InChI=1S/C10H21N3O2/c1-10(2,12)6-5-9(15)13-7-3-4-8(11)14/h3-7,12H2,1-2H3,(H2,11,14)(H,13,15). The molecule has 0 aliphatic heterocycles. The lowest BCUT2D eigenvalue weighted by molar-refractivity contribution is -0.122. The highest BCUT2D eigenvalue weighted by Crippen LogP contribution is 2.06. The fraction of sp³-hybridized carbons (Fsp3) is 0.800. The number of hydrogen-bond acceptors (Lipinski definition) is 3. The van der Waals surface area contributed by atoms with Gasteiger partial charge in [0, 0.05) is 24.9 Å². The summed E-state index contributed by atoms with van der Waals surface area (Å²) in [7, 11) is 0. The lowest BCUT2D eigenvalue weighted by atomic mass is 10.00. The van der Waals surface area contributed by atoms with Crippen molar-refractivity contribution in [3.63, 3.8) is 0 Å². The van der Waals surface area contributed by atoms with Crippen LogP contribution in [0.3, 0.4) is 0 Å². The second-order valence-corrected chi connectivity index (χ2v) is 4.41. The number of rotatable bonds is 7. The zero-order valence-electron chi connectivity index (χ0n) is 9.51.